The number of ether oxygens (including phenoxy) is 1. The summed E-state index contributed by atoms with van der Waals surface area (Å²) in [5.41, 5.74) is 0. The molecular weight excluding hydrogens is 210 g/mol. The molecule has 1 atom stereocenters. The lowest BCUT2D eigenvalue weighted by Crippen LogP contribution is -2.54. The first-order valence-corrected chi connectivity index (χ1v) is 5.96. The number of likely N-dealkylation sites (N-methyl/N-ethyl adjacent to an activating group) is 1. The lowest BCUT2D eigenvalue weighted by Gasteiger charge is -2.38. The summed E-state index contributed by atoms with van der Waals surface area (Å²) >= 11 is 0. The molecule has 0 radical (unpaired) electrons. The van der Waals surface area contributed by atoms with Crippen LogP contribution in [-0.4, -0.2) is 78.5 Å². The zero-order valence-electron chi connectivity index (χ0n) is 10.4. The minimum Gasteiger partial charge on any atom is -0.394 e. The van der Waals surface area contributed by atoms with Gasteiger partial charge in [-0.1, -0.05) is 0 Å². The molecule has 5 heteroatoms. The quantitative estimate of drug-likeness (QED) is 0.343. The van der Waals surface area contributed by atoms with Crippen LogP contribution in [0.25, 0.3) is 0 Å². The average Bonchev–Trinajstić information content (AvgIpc) is 2.33. The second-order valence-electron chi connectivity index (χ2n) is 4.05. The van der Waals surface area contributed by atoms with E-state index in [-0.39, 0.29) is 13.2 Å². The van der Waals surface area contributed by atoms with E-state index in [4.69, 9.17) is 14.9 Å². The highest BCUT2D eigenvalue weighted by molar-refractivity contribution is 4.53. The normalized spacial score (nSPS) is 14.1. The molecule has 0 aromatic carbocycles. The summed E-state index contributed by atoms with van der Waals surface area (Å²) < 4.78 is 5.98. The van der Waals surface area contributed by atoms with Crippen LogP contribution in [0.5, 0.6) is 0 Å². The molecule has 0 aromatic rings. The van der Waals surface area contributed by atoms with Gasteiger partial charge in [-0.25, -0.2) is 0 Å². The topological polar surface area (TPSA) is 69.9 Å². The second-order valence-corrected chi connectivity index (χ2v) is 4.05. The number of hydrogen-bond donors (Lipinski definition) is 3. The fourth-order valence-electron chi connectivity index (χ4n) is 1.82. The molecule has 0 rings (SSSR count). The summed E-state index contributed by atoms with van der Waals surface area (Å²) in [6, 6.07) is 0. The molecule has 3 N–H and O–H groups in total. The summed E-state index contributed by atoms with van der Waals surface area (Å²) in [4.78, 5) is 0. The Labute approximate surface area is 97.9 Å². The van der Waals surface area contributed by atoms with Gasteiger partial charge in [0.15, 0.2) is 0 Å². The van der Waals surface area contributed by atoms with Crippen molar-refractivity contribution in [2.24, 2.45) is 0 Å². The van der Waals surface area contributed by atoms with Crippen LogP contribution in [0.3, 0.4) is 0 Å². The Kier molecular flexibility index (Phi) is 8.78. The Balaban J connectivity index is 4.10. The number of aliphatic hydroxyl groups excluding tert-OH is 3. The van der Waals surface area contributed by atoms with E-state index in [0.29, 0.717) is 19.8 Å². The van der Waals surface area contributed by atoms with Gasteiger partial charge in [-0.3, -0.25) is 0 Å². The maximum absolute atomic E-state index is 9.51. The maximum atomic E-state index is 9.51. The Morgan fingerprint density at radius 3 is 2.19 bits per heavy atom. The molecule has 0 spiro atoms. The molecule has 0 fully saturated rings. The summed E-state index contributed by atoms with van der Waals surface area (Å²) in [6.45, 7) is 8.05. The molecule has 0 aliphatic heterocycles. The van der Waals surface area contributed by atoms with Crippen molar-refractivity contribution in [3.8, 4) is 0 Å². The van der Waals surface area contributed by atoms with Gasteiger partial charge in [0.25, 0.3) is 0 Å². The van der Waals surface area contributed by atoms with Crippen LogP contribution in [0.4, 0.5) is 0 Å². The molecule has 0 aliphatic rings. The van der Waals surface area contributed by atoms with Crippen molar-refractivity contribution in [2.45, 2.75) is 20.0 Å². The van der Waals surface area contributed by atoms with E-state index in [1.807, 2.05) is 0 Å². The van der Waals surface area contributed by atoms with Crippen molar-refractivity contribution in [2.75, 3.05) is 52.6 Å². The van der Waals surface area contributed by atoms with E-state index in [9.17, 15) is 5.11 Å². The molecule has 0 saturated carbocycles. The van der Waals surface area contributed by atoms with Crippen LogP contribution in [0, 0.1) is 0 Å². The maximum Gasteiger partial charge on any atom is 0.126 e. The van der Waals surface area contributed by atoms with Crippen molar-refractivity contribution in [3.05, 3.63) is 0 Å². The molecule has 0 heterocycles. The van der Waals surface area contributed by atoms with Crippen molar-refractivity contribution in [3.63, 3.8) is 0 Å². The van der Waals surface area contributed by atoms with Crippen LogP contribution < -0.4 is 0 Å². The third-order valence-corrected chi connectivity index (χ3v) is 3.10. The first-order valence-electron chi connectivity index (χ1n) is 5.96. The van der Waals surface area contributed by atoms with Crippen molar-refractivity contribution in [1.29, 1.82) is 0 Å². The third kappa shape index (κ3) is 5.77. The van der Waals surface area contributed by atoms with Gasteiger partial charge in [0.1, 0.15) is 19.2 Å². The highest BCUT2D eigenvalue weighted by Gasteiger charge is 2.26. The van der Waals surface area contributed by atoms with Gasteiger partial charge in [-0.2, -0.15) is 0 Å². The highest BCUT2D eigenvalue weighted by atomic mass is 16.5. The van der Waals surface area contributed by atoms with E-state index >= 15 is 0 Å². The van der Waals surface area contributed by atoms with Gasteiger partial charge in [0.05, 0.1) is 39.5 Å². The van der Waals surface area contributed by atoms with Gasteiger partial charge in [-0.05, 0) is 13.8 Å². The predicted molar refractivity (Wildman–Crippen MR) is 62.1 cm³/mol. The van der Waals surface area contributed by atoms with Crippen LogP contribution >= 0.6 is 0 Å². The van der Waals surface area contributed by atoms with Crippen molar-refractivity contribution < 1.29 is 24.5 Å². The zero-order valence-corrected chi connectivity index (χ0v) is 10.4. The fraction of sp³-hybridized carbons (Fsp3) is 1.00. The van der Waals surface area contributed by atoms with E-state index in [1.165, 1.54) is 0 Å². The number of quaternary nitrogens is 1. The van der Waals surface area contributed by atoms with E-state index in [1.54, 1.807) is 0 Å². The van der Waals surface area contributed by atoms with Crippen LogP contribution in [-0.2, 0) is 4.74 Å². The summed E-state index contributed by atoms with van der Waals surface area (Å²) in [5, 5.41) is 27.0. The third-order valence-electron chi connectivity index (χ3n) is 3.10. The lowest BCUT2D eigenvalue weighted by atomic mass is 10.2. The van der Waals surface area contributed by atoms with Gasteiger partial charge in [0, 0.05) is 0 Å². The summed E-state index contributed by atoms with van der Waals surface area (Å²) in [6.07, 6.45) is -0.669. The van der Waals surface area contributed by atoms with Crippen molar-refractivity contribution >= 4 is 0 Å². The van der Waals surface area contributed by atoms with E-state index < -0.39 is 6.10 Å². The molecule has 5 nitrogen and oxygen atoms in total. The molecular formula is C11H26NO4+. The van der Waals surface area contributed by atoms with Gasteiger partial charge in [0.2, 0.25) is 0 Å². The SMILES string of the molecule is CC[N+](CC)(CCOCCO)CC(O)CO. The standard InChI is InChI=1S/C11H26NO4/c1-3-12(4-2,9-11(15)10-14)5-7-16-8-6-13/h11,13-15H,3-10H2,1-2H3/q+1. The van der Waals surface area contributed by atoms with Gasteiger partial charge >= 0.3 is 0 Å². The number of hydrogen-bond acceptors (Lipinski definition) is 4. The lowest BCUT2D eigenvalue weighted by molar-refractivity contribution is -0.928. The van der Waals surface area contributed by atoms with Gasteiger partial charge in [-0.15, -0.1) is 0 Å². The Hall–Kier alpha value is -0.200. The molecule has 0 bridgehead atoms. The monoisotopic (exact) mass is 236 g/mol. The van der Waals surface area contributed by atoms with Crippen molar-refractivity contribution in [1.82, 2.24) is 0 Å². The Morgan fingerprint density at radius 2 is 1.75 bits per heavy atom. The molecule has 98 valence electrons. The largest absolute Gasteiger partial charge is 0.394 e. The molecule has 0 amide bonds. The molecule has 0 aliphatic carbocycles. The zero-order chi connectivity index (χ0) is 12.4. The van der Waals surface area contributed by atoms with Crippen LogP contribution in [0.15, 0.2) is 0 Å². The molecule has 1 unspecified atom stereocenters. The number of rotatable bonds is 10. The first kappa shape index (κ1) is 15.8. The van der Waals surface area contributed by atoms with Crippen LogP contribution in [0.1, 0.15) is 13.8 Å². The fourth-order valence-corrected chi connectivity index (χ4v) is 1.82. The minimum atomic E-state index is -0.669. The predicted octanol–water partition coefficient (Wildman–Crippen LogP) is -0.795. The first-order chi connectivity index (χ1) is 7.64. The molecule has 0 aromatic heterocycles. The average molecular weight is 236 g/mol. The molecule has 0 saturated heterocycles. The van der Waals surface area contributed by atoms with E-state index in [2.05, 4.69) is 13.8 Å². The number of nitrogens with zero attached hydrogens (tertiary/aromatic N) is 1. The minimum absolute atomic E-state index is 0.0392. The van der Waals surface area contributed by atoms with Gasteiger partial charge < -0.3 is 24.5 Å². The second kappa shape index (κ2) is 8.90. The summed E-state index contributed by atoms with van der Waals surface area (Å²) in [5.74, 6) is 0. The number of aliphatic hydroxyl groups is 3. The summed E-state index contributed by atoms with van der Waals surface area (Å²) in [7, 11) is 0. The Bertz CT molecular complexity index is 162. The van der Waals surface area contributed by atoms with Crippen LogP contribution in [0.2, 0.25) is 0 Å². The smallest absolute Gasteiger partial charge is 0.126 e. The highest BCUT2D eigenvalue weighted by Crippen LogP contribution is 2.08. The molecule has 16 heavy (non-hydrogen) atoms. The van der Waals surface area contributed by atoms with E-state index in [0.717, 1.165) is 24.1 Å². The Morgan fingerprint density at radius 1 is 1.12 bits per heavy atom.